The highest BCUT2D eigenvalue weighted by Crippen LogP contribution is 2.24. The number of para-hydroxylation sites is 1. The third-order valence-electron chi connectivity index (χ3n) is 4.39. The number of amides is 1. The summed E-state index contributed by atoms with van der Waals surface area (Å²) >= 11 is 0. The van der Waals surface area contributed by atoms with Crippen molar-refractivity contribution in [1.29, 1.82) is 0 Å². The third kappa shape index (κ3) is 4.77. The van der Waals surface area contributed by atoms with Crippen LogP contribution in [0.3, 0.4) is 0 Å². The van der Waals surface area contributed by atoms with Crippen molar-refractivity contribution in [2.75, 3.05) is 5.32 Å². The van der Waals surface area contributed by atoms with Crippen LogP contribution in [0, 0.1) is 0 Å². The first-order valence-corrected chi connectivity index (χ1v) is 9.73. The molecule has 2 aromatic rings. The average molecular weight is 374 g/mol. The summed E-state index contributed by atoms with van der Waals surface area (Å²) in [6.07, 6.45) is 5.45. The van der Waals surface area contributed by atoms with Crippen LogP contribution < -0.4 is 10.6 Å². The van der Waals surface area contributed by atoms with E-state index in [-0.39, 0.29) is 5.91 Å². The first kappa shape index (κ1) is 19.6. The second-order valence-corrected chi connectivity index (χ2v) is 7.10. The molecule has 4 heteroatoms. The third-order valence-corrected chi connectivity index (χ3v) is 4.39. The molecule has 0 bridgehead atoms. The molecule has 144 valence electrons. The smallest absolute Gasteiger partial charge is 0.269 e. The Labute approximate surface area is 167 Å². The number of benzodiazepines with no additional fused rings is 1. The van der Waals surface area contributed by atoms with Crippen LogP contribution in [0.4, 0.5) is 5.69 Å². The molecule has 1 amide bonds. The molecule has 0 aliphatic carbocycles. The van der Waals surface area contributed by atoms with Gasteiger partial charge in [0.05, 0.1) is 11.4 Å². The number of allylic oxidation sites excluding steroid dienone is 3. The van der Waals surface area contributed by atoms with Crippen LogP contribution in [0.1, 0.15) is 44.7 Å². The fourth-order valence-corrected chi connectivity index (χ4v) is 3.11. The number of carbonyl (C=O) groups is 1. The van der Waals surface area contributed by atoms with Gasteiger partial charge in [-0.25, -0.2) is 4.99 Å². The van der Waals surface area contributed by atoms with E-state index in [4.69, 9.17) is 4.99 Å². The van der Waals surface area contributed by atoms with E-state index in [1.165, 1.54) is 5.57 Å². The van der Waals surface area contributed by atoms with E-state index >= 15 is 0 Å². The van der Waals surface area contributed by atoms with Crippen molar-refractivity contribution < 1.29 is 4.79 Å². The summed E-state index contributed by atoms with van der Waals surface area (Å²) in [5.74, 6) is -0.164. The van der Waals surface area contributed by atoms with E-state index in [9.17, 15) is 4.79 Å². The lowest BCUT2D eigenvalue weighted by atomic mass is 10.0. The highest BCUT2D eigenvalue weighted by atomic mass is 16.2. The Morgan fingerprint density at radius 1 is 1.11 bits per heavy atom. The van der Waals surface area contributed by atoms with Gasteiger partial charge in [-0.05, 0) is 32.4 Å². The number of carbonyl (C=O) groups excluding carboxylic acids is 1. The standard InChI is InChI=1S/C24H27N3O/c1-4-5-13-19(16-17(2)3)25-23-24(28)26-21-15-10-9-14-20(21)22(27-23)18-11-7-6-8-12-18/h6-16,23,25H,4-5H2,1-3H3,(H,26,28)/b19-13+. The summed E-state index contributed by atoms with van der Waals surface area (Å²) in [5.41, 5.74) is 5.58. The maximum absolute atomic E-state index is 12.9. The SMILES string of the molecule is CCC/C=C(\C=C(C)C)NC1N=C(c2ccccc2)c2ccccc2NC1=O. The van der Waals surface area contributed by atoms with Gasteiger partial charge in [0, 0.05) is 16.8 Å². The van der Waals surface area contributed by atoms with Crippen molar-refractivity contribution in [3.05, 3.63) is 89.1 Å². The van der Waals surface area contributed by atoms with Crippen LogP contribution in [-0.4, -0.2) is 17.8 Å². The fraction of sp³-hybridized carbons (Fsp3) is 0.250. The highest BCUT2D eigenvalue weighted by molar-refractivity contribution is 6.19. The van der Waals surface area contributed by atoms with Gasteiger partial charge in [-0.1, -0.05) is 73.5 Å². The van der Waals surface area contributed by atoms with E-state index in [0.29, 0.717) is 0 Å². The van der Waals surface area contributed by atoms with Gasteiger partial charge in [-0.3, -0.25) is 4.79 Å². The number of aliphatic imine (C=N–C) groups is 1. The first-order chi connectivity index (χ1) is 13.6. The van der Waals surface area contributed by atoms with E-state index in [2.05, 4.69) is 29.7 Å². The molecule has 0 saturated heterocycles. The molecular weight excluding hydrogens is 346 g/mol. The lowest BCUT2D eigenvalue weighted by molar-refractivity contribution is -0.117. The Bertz CT molecular complexity index is 922. The summed E-state index contributed by atoms with van der Waals surface area (Å²) in [6, 6.07) is 17.8. The van der Waals surface area contributed by atoms with Gasteiger partial charge in [0.25, 0.3) is 5.91 Å². The molecule has 1 aliphatic rings. The molecule has 4 nitrogen and oxygen atoms in total. The van der Waals surface area contributed by atoms with Crippen molar-refractivity contribution in [2.45, 2.75) is 39.8 Å². The van der Waals surface area contributed by atoms with E-state index < -0.39 is 6.17 Å². The van der Waals surface area contributed by atoms with Crippen LogP contribution in [0.5, 0.6) is 0 Å². The van der Waals surface area contributed by atoms with Gasteiger partial charge < -0.3 is 10.6 Å². The summed E-state index contributed by atoms with van der Waals surface area (Å²) in [6.45, 7) is 6.23. The predicted octanol–water partition coefficient (Wildman–Crippen LogP) is 5.04. The zero-order valence-corrected chi connectivity index (χ0v) is 16.7. The van der Waals surface area contributed by atoms with Gasteiger partial charge in [0.15, 0.2) is 6.17 Å². The van der Waals surface area contributed by atoms with E-state index in [1.807, 2.05) is 68.4 Å². The number of nitrogens with one attached hydrogen (secondary N) is 2. The number of nitrogens with zero attached hydrogens (tertiary/aromatic N) is 1. The van der Waals surface area contributed by atoms with Crippen molar-refractivity contribution in [3.8, 4) is 0 Å². The Morgan fingerprint density at radius 2 is 1.82 bits per heavy atom. The number of rotatable bonds is 6. The number of anilines is 1. The molecule has 1 aliphatic heterocycles. The molecule has 0 spiro atoms. The molecule has 1 heterocycles. The molecule has 3 rings (SSSR count). The van der Waals surface area contributed by atoms with Crippen LogP contribution in [0.2, 0.25) is 0 Å². The van der Waals surface area contributed by atoms with Crippen LogP contribution in [-0.2, 0) is 4.79 Å². The second-order valence-electron chi connectivity index (χ2n) is 7.10. The maximum atomic E-state index is 12.9. The Balaban J connectivity index is 2.04. The predicted molar refractivity (Wildman–Crippen MR) is 116 cm³/mol. The lowest BCUT2D eigenvalue weighted by Gasteiger charge is -2.16. The molecule has 0 fully saturated rings. The van der Waals surface area contributed by atoms with Crippen molar-refractivity contribution in [2.24, 2.45) is 4.99 Å². The molecule has 2 N–H and O–H groups in total. The minimum absolute atomic E-state index is 0.164. The maximum Gasteiger partial charge on any atom is 0.269 e. The molecule has 0 aromatic heterocycles. The molecule has 1 unspecified atom stereocenters. The Hall–Kier alpha value is -3.14. The summed E-state index contributed by atoms with van der Waals surface area (Å²) in [7, 11) is 0. The first-order valence-electron chi connectivity index (χ1n) is 9.73. The summed E-state index contributed by atoms with van der Waals surface area (Å²) in [5, 5.41) is 6.35. The molecule has 2 aromatic carbocycles. The number of benzene rings is 2. The highest BCUT2D eigenvalue weighted by Gasteiger charge is 2.25. The zero-order valence-electron chi connectivity index (χ0n) is 16.7. The van der Waals surface area contributed by atoms with Crippen molar-refractivity contribution >= 4 is 17.3 Å². The fourth-order valence-electron chi connectivity index (χ4n) is 3.11. The lowest BCUT2D eigenvalue weighted by Crippen LogP contribution is -2.38. The van der Waals surface area contributed by atoms with Crippen molar-refractivity contribution in [1.82, 2.24) is 5.32 Å². The molecule has 0 radical (unpaired) electrons. The Kier molecular flexibility index (Phi) is 6.43. The number of unbranched alkanes of at least 4 members (excludes halogenated alkanes) is 1. The van der Waals surface area contributed by atoms with Gasteiger partial charge in [-0.15, -0.1) is 0 Å². The molecule has 28 heavy (non-hydrogen) atoms. The number of hydrogen-bond donors (Lipinski definition) is 2. The molecule has 0 saturated carbocycles. The molecular formula is C24H27N3O. The summed E-state index contributed by atoms with van der Waals surface area (Å²) < 4.78 is 0. The summed E-state index contributed by atoms with van der Waals surface area (Å²) in [4.78, 5) is 17.8. The van der Waals surface area contributed by atoms with E-state index in [1.54, 1.807) is 0 Å². The van der Waals surface area contributed by atoms with E-state index in [0.717, 1.165) is 41.1 Å². The number of fused-ring (bicyclic) bond motifs is 1. The monoisotopic (exact) mass is 373 g/mol. The molecule has 1 atom stereocenters. The van der Waals surface area contributed by atoms with Crippen LogP contribution in [0.15, 0.2) is 83.0 Å². The van der Waals surface area contributed by atoms with Gasteiger partial charge >= 0.3 is 0 Å². The van der Waals surface area contributed by atoms with Crippen molar-refractivity contribution in [3.63, 3.8) is 0 Å². The Morgan fingerprint density at radius 3 is 2.54 bits per heavy atom. The number of hydrogen-bond acceptors (Lipinski definition) is 3. The van der Waals surface area contributed by atoms with Crippen LogP contribution in [0.25, 0.3) is 0 Å². The minimum atomic E-state index is -0.707. The quantitative estimate of drug-likeness (QED) is 0.697. The van der Waals surface area contributed by atoms with Gasteiger partial charge in [-0.2, -0.15) is 0 Å². The normalized spacial score (nSPS) is 16.4. The zero-order chi connectivity index (χ0) is 19.9. The van der Waals surface area contributed by atoms with Gasteiger partial charge in [0.2, 0.25) is 0 Å². The minimum Gasteiger partial charge on any atom is -0.356 e. The average Bonchev–Trinajstić information content (AvgIpc) is 2.83. The second kappa shape index (κ2) is 9.18. The topological polar surface area (TPSA) is 53.5 Å². The largest absolute Gasteiger partial charge is 0.356 e. The van der Waals surface area contributed by atoms with Crippen LogP contribution >= 0.6 is 0 Å². The van der Waals surface area contributed by atoms with Gasteiger partial charge in [0.1, 0.15) is 0 Å².